The van der Waals surface area contributed by atoms with E-state index in [9.17, 15) is 4.79 Å². The summed E-state index contributed by atoms with van der Waals surface area (Å²) >= 11 is 0. The van der Waals surface area contributed by atoms with E-state index < -0.39 is 0 Å². The number of fused-ring (bicyclic) bond motifs is 5. The molecule has 0 saturated carbocycles. The third-order valence-electron chi connectivity index (χ3n) is 7.37. The zero-order valence-electron chi connectivity index (χ0n) is 19.7. The summed E-state index contributed by atoms with van der Waals surface area (Å²) in [6.45, 7) is 4.20. The predicted molar refractivity (Wildman–Crippen MR) is 135 cm³/mol. The number of ether oxygens (including phenoxy) is 1. The molecule has 0 radical (unpaired) electrons. The highest BCUT2D eigenvalue weighted by Crippen LogP contribution is 2.36. The fourth-order valence-corrected chi connectivity index (χ4v) is 5.38. The lowest BCUT2D eigenvalue weighted by atomic mass is 10.1. The van der Waals surface area contributed by atoms with Gasteiger partial charge in [0.2, 0.25) is 0 Å². The number of carbonyl (C=O) groups is 1. The Hall–Kier alpha value is -4.35. The molecule has 0 bridgehead atoms. The van der Waals surface area contributed by atoms with Crippen LogP contribution in [0.3, 0.4) is 0 Å². The first-order chi connectivity index (χ1) is 17.7. The van der Waals surface area contributed by atoms with E-state index in [2.05, 4.69) is 49.5 Å². The maximum atomic E-state index is 12.7. The van der Waals surface area contributed by atoms with Crippen molar-refractivity contribution in [3.05, 3.63) is 78.2 Å². The largest absolute Gasteiger partial charge is 0.443 e. The number of nitriles is 1. The van der Waals surface area contributed by atoms with Crippen molar-refractivity contribution in [1.82, 2.24) is 19.0 Å². The summed E-state index contributed by atoms with van der Waals surface area (Å²) in [7, 11) is 0. The number of cyclic esters (lactones) is 1. The van der Waals surface area contributed by atoms with E-state index in [-0.39, 0.29) is 12.2 Å². The molecule has 0 aliphatic carbocycles. The van der Waals surface area contributed by atoms with Crippen LogP contribution in [0.4, 0.5) is 10.5 Å². The van der Waals surface area contributed by atoms with Crippen molar-refractivity contribution >= 4 is 11.8 Å². The maximum absolute atomic E-state index is 12.7. The Morgan fingerprint density at radius 2 is 1.94 bits per heavy atom. The minimum absolute atomic E-state index is 0.0945. The highest BCUT2D eigenvalue weighted by atomic mass is 16.6. The molecule has 8 heteroatoms. The summed E-state index contributed by atoms with van der Waals surface area (Å²) < 4.78 is 9.99. The summed E-state index contributed by atoms with van der Waals surface area (Å²) in [5, 5.41) is 9.13. The van der Waals surface area contributed by atoms with Crippen LogP contribution in [0.5, 0.6) is 0 Å². The second-order valence-corrected chi connectivity index (χ2v) is 9.64. The topological polar surface area (TPSA) is 79.3 Å². The zero-order chi connectivity index (χ0) is 24.2. The Morgan fingerprint density at radius 3 is 2.72 bits per heavy atom. The van der Waals surface area contributed by atoms with Gasteiger partial charge in [0, 0.05) is 42.9 Å². The van der Waals surface area contributed by atoms with Crippen LogP contribution in [0, 0.1) is 11.3 Å². The summed E-state index contributed by atoms with van der Waals surface area (Å²) in [6, 6.07) is 18.1. The Balaban J connectivity index is 1.23. The van der Waals surface area contributed by atoms with Crippen LogP contribution >= 0.6 is 0 Å². The van der Waals surface area contributed by atoms with Gasteiger partial charge in [-0.15, -0.1) is 0 Å². The second-order valence-electron chi connectivity index (χ2n) is 9.64. The lowest BCUT2D eigenvalue weighted by Crippen LogP contribution is -2.43. The van der Waals surface area contributed by atoms with Gasteiger partial charge >= 0.3 is 6.09 Å². The van der Waals surface area contributed by atoms with Crippen molar-refractivity contribution in [3.63, 3.8) is 0 Å². The lowest BCUT2D eigenvalue weighted by molar-refractivity contribution is 0.0831. The first-order valence-corrected chi connectivity index (χ1v) is 12.2. The van der Waals surface area contributed by atoms with Crippen molar-refractivity contribution in [2.75, 3.05) is 31.1 Å². The van der Waals surface area contributed by atoms with Crippen molar-refractivity contribution in [2.24, 2.45) is 0 Å². The summed E-state index contributed by atoms with van der Waals surface area (Å²) in [5.41, 5.74) is 6.80. The summed E-state index contributed by atoms with van der Waals surface area (Å²) in [5.74, 6) is 0.872. The Morgan fingerprint density at radius 1 is 1.08 bits per heavy atom. The van der Waals surface area contributed by atoms with Gasteiger partial charge in [0.15, 0.2) is 5.82 Å². The molecule has 3 aliphatic heterocycles. The molecule has 1 atom stereocenters. The molecule has 2 aromatic heterocycles. The van der Waals surface area contributed by atoms with E-state index in [1.807, 2.05) is 42.7 Å². The van der Waals surface area contributed by atoms with Gasteiger partial charge in [0.1, 0.15) is 6.10 Å². The number of rotatable bonds is 4. The molecule has 7 rings (SSSR count). The molecule has 4 aromatic rings. The highest BCUT2D eigenvalue weighted by Gasteiger charge is 2.35. The first kappa shape index (κ1) is 21.0. The van der Waals surface area contributed by atoms with Crippen molar-refractivity contribution in [2.45, 2.75) is 19.1 Å². The average molecular weight is 477 g/mol. The van der Waals surface area contributed by atoms with Gasteiger partial charge < -0.3 is 9.30 Å². The number of anilines is 1. The SMILES string of the molecule is N#Cc1ccc(-c2cc3n(c2)Cc2cc(N4C[C@@H](CN5CCC5)OC4=O)ccc2-n2ccnc2-3)cc1. The van der Waals surface area contributed by atoms with Gasteiger partial charge in [0.25, 0.3) is 0 Å². The molecule has 178 valence electrons. The Labute approximate surface area is 208 Å². The molecule has 2 saturated heterocycles. The molecule has 3 aliphatic rings. The predicted octanol–water partition coefficient (Wildman–Crippen LogP) is 4.27. The molecular weight excluding hydrogens is 452 g/mol. The number of imidazole rings is 1. The van der Waals surface area contributed by atoms with Crippen LogP contribution in [-0.2, 0) is 11.3 Å². The van der Waals surface area contributed by atoms with Crippen LogP contribution in [0.2, 0.25) is 0 Å². The smallest absolute Gasteiger partial charge is 0.414 e. The van der Waals surface area contributed by atoms with Gasteiger partial charge in [-0.25, -0.2) is 9.78 Å². The Kier molecular flexibility index (Phi) is 4.72. The minimum Gasteiger partial charge on any atom is -0.443 e. The molecule has 2 fully saturated rings. The van der Waals surface area contributed by atoms with E-state index in [0.29, 0.717) is 18.7 Å². The molecule has 8 nitrogen and oxygen atoms in total. The van der Waals surface area contributed by atoms with E-state index in [4.69, 9.17) is 10.00 Å². The molecule has 5 heterocycles. The van der Waals surface area contributed by atoms with Crippen LogP contribution in [-0.4, -0.2) is 57.4 Å². The number of hydrogen-bond acceptors (Lipinski definition) is 5. The average Bonchev–Trinajstić information content (AvgIpc) is 3.58. The standard InChI is InChI=1S/C28H24N6O2/c29-14-19-2-4-20(5-3-19)21-13-26-27-30-8-11-33(27)25-7-6-23(12-22(25)16-32(26)15-21)34-18-24(36-28(34)35)17-31-9-1-10-31/h2-8,11-13,15,24H,1,9-10,16-18H2/t24-/m1/s1. The fraction of sp³-hybridized carbons (Fsp3) is 0.250. The number of nitrogens with zero attached hydrogens (tertiary/aromatic N) is 6. The normalized spacial score (nSPS) is 18.5. The third kappa shape index (κ3) is 3.40. The zero-order valence-corrected chi connectivity index (χ0v) is 19.7. The monoisotopic (exact) mass is 476 g/mol. The first-order valence-electron chi connectivity index (χ1n) is 12.2. The summed E-state index contributed by atoms with van der Waals surface area (Å²) in [4.78, 5) is 21.5. The summed E-state index contributed by atoms with van der Waals surface area (Å²) in [6.07, 6.45) is 6.77. The van der Waals surface area contributed by atoms with Crippen LogP contribution in [0.1, 0.15) is 17.5 Å². The minimum atomic E-state index is -0.276. The number of likely N-dealkylation sites (tertiary alicyclic amines) is 1. The maximum Gasteiger partial charge on any atom is 0.414 e. The van der Waals surface area contributed by atoms with Crippen LogP contribution in [0.15, 0.2) is 67.1 Å². The number of amides is 1. The number of carbonyl (C=O) groups excluding carboxylic acids is 1. The highest BCUT2D eigenvalue weighted by molar-refractivity contribution is 5.90. The third-order valence-corrected chi connectivity index (χ3v) is 7.37. The van der Waals surface area contributed by atoms with Gasteiger partial charge in [-0.3, -0.25) is 14.4 Å². The lowest BCUT2D eigenvalue weighted by Gasteiger charge is -2.31. The van der Waals surface area contributed by atoms with Gasteiger partial charge in [-0.05, 0) is 67.0 Å². The van der Waals surface area contributed by atoms with Crippen LogP contribution < -0.4 is 4.90 Å². The van der Waals surface area contributed by atoms with Crippen molar-refractivity contribution < 1.29 is 9.53 Å². The second kappa shape index (κ2) is 8.11. The van der Waals surface area contributed by atoms with E-state index >= 15 is 0 Å². The van der Waals surface area contributed by atoms with E-state index in [1.54, 1.807) is 4.90 Å². The van der Waals surface area contributed by atoms with Gasteiger partial charge in [0.05, 0.1) is 29.6 Å². The fourth-order valence-electron chi connectivity index (χ4n) is 5.38. The van der Waals surface area contributed by atoms with Crippen LogP contribution in [0.25, 0.3) is 28.3 Å². The number of aromatic nitrogens is 3. The quantitative estimate of drug-likeness (QED) is 0.387. The van der Waals surface area contributed by atoms with Crippen molar-refractivity contribution in [1.29, 1.82) is 5.26 Å². The molecule has 0 spiro atoms. The number of benzene rings is 2. The van der Waals surface area contributed by atoms with Crippen molar-refractivity contribution in [3.8, 4) is 34.4 Å². The molecule has 0 unspecified atom stereocenters. The molecule has 1 amide bonds. The Bertz CT molecular complexity index is 1520. The molecule has 36 heavy (non-hydrogen) atoms. The molecule has 2 aromatic carbocycles. The van der Waals surface area contributed by atoms with Gasteiger partial charge in [-0.2, -0.15) is 5.26 Å². The molecular formula is C28H24N6O2. The molecule has 0 N–H and O–H groups in total. The van der Waals surface area contributed by atoms with Gasteiger partial charge in [-0.1, -0.05) is 12.1 Å². The van der Waals surface area contributed by atoms with E-state index in [1.165, 1.54) is 6.42 Å². The van der Waals surface area contributed by atoms with E-state index in [0.717, 1.165) is 59.2 Å². The number of hydrogen-bond donors (Lipinski definition) is 0.